The third-order valence-corrected chi connectivity index (χ3v) is 3.89. The molecule has 0 aliphatic heterocycles. The molecule has 0 aliphatic rings. The number of carboxylic acids is 1. The fourth-order valence-electron chi connectivity index (χ4n) is 2.18. The first-order chi connectivity index (χ1) is 11.4. The zero-order chi connectivity index (χ0) is 17.7. The Morgan fingerprint density at radius 1 is 1.12 bits per heavy atom. The zero-order valence-electron chi connectivity index (χ0n) is 14.0. The molecule has 0 aromatic heterocycles. The van der Waals surface area contributed by atoms with Crippen molar-refractivity contribution in [2.75, 3.05) is 11.9 Å². The van der Waals surface area contributed by atoms with Crippen LogP contribution in [0.15, 0.2) is 42.5 Å². The van der Waals surface area contributed by atoms with E-state index in [0.29, 0.717) is 17.0 Å². The monoisotopic (exact) mass is 327 g/mol. The molecular formula is C19H21NO4. The van der Waals surface area contributed by atoms with Gasteiger partial charge in [0.15, 0.2) is 6.61 Å². The Morgan fingerprint density at radius 2 is 1.88 bits per heavy atom. The Labute approximate surface area is 141 Å². The van der Waals surface area contributed by atoms with E-state index in [9.17, 15) is 9.59 Å². The molecule has 2 aromatic rings. The summed E-state index contributed by atoms with van der Waals surface area (Å²) in [7, 11) is 0. The van der Waals surface area contributed by atoms with E-state index in [0.717, 1.165) is 11.1 Å². The van der Waals surface area contributed by atoms with E-state index >= 15 is 0 Å². The van der Waals surface area contributed by atoms with Crippen LogP contribution in [0.1, 0.15) is 29.5 Å². The first-order valence-corrected chi connectivity index (χ1v) is 7.69. The molecule has 0 heterocycles. The number of aliphatic carboxylic acids is 1. The smallest absolute Gasteiger partial charge is 0.310 e. The van der Waals surface area contributed by atoms with Gasteiger partial charge in [-0.15, -0.1) is 0 Å². The molecule has 1 amide bonds. The average molecular weight is 327 g/mol. The first-order valence-electron chi connectivity index (χ1n) is 7.69. The summed E-state index contributed by atoms with van der Waals surface area (Å²) in [5.41, 5.74) is 3.45. The highest BCUT2D eigenvalue weighted by Gasteiger charge is 2.14. The van der Waals surface area contributed by atoms with E-state index < -0.39 is 11.9 Å². The number of ether oxygens (including phenoxy) is 1. The van der Waals surface area contributed by atoms with Crippen molar-refractivity contribution in [3.8, 4) is 5.75 Å². The SMILES string of the molecule is Cc1ccc(OCC(=O)Nc2cccc(C(C)C(=O)O)c2)cc1C. The molecule has 2 aromatic carbocycles. The standard InChI is InChI=1S/C19H21NO4/c1-12-7-8-17(9-13(12)2)24-11-18(21)20-16-6-4-5-15(10-16)14(3)19(22)23/h4-10,14H,11H2,1-3H3,(H,20,21)(H,22,23). The number of amides is 1. The Bertz CT molecular complexity index is 755. The van der Waals surface area contributed by atoms with Crippen molar-refractivity contribution in [3.05, 3.63) is 59.2 Å². The largest absolute Gasteiger partial charge is 0.484 e. The number of hydrogen-bond acceptors (Lipinski definition) is 3. The lowest BCUT2D eigenvalue weighted by atomic mass is 10.0. The number of carbonyl (C=O) groups excluding carboxylic acids is 1. The highest BCUT2D eigenvalue weighted by Crippen LogP contribution is 2.20. The predicted octanol–water partition coefficient (Wildman–Crippen LogP) is 3.51. The van der Waals surface area contributed by atoms with E-state index in [1.807, 2.05) is 32.0 Å². The summed E-state index contributed by atoms with van der Waals surface area (Å²) < 4.78 is 5.49. The van der Waals surface area contributed by atoms with Gasteiger partial charge in [0.2, 0.25) is 0 Å². The second kappa shape index (κ2) is 7.64. The molecule has 0 saturated carbocycles. The summed E-state index contributed by atoms with van der Waals surface area (Å²) in [5, 5.41) is 11.8. The van der Waals surface area contributed by atoms with Gasteiger partial charge in [0.1, 0.15) is 5.75 Å². The molecule has 0 saturated heterocycles. The quantitative estimate of drug-likeness (QED) is 0.851. The molecule has 0 radical (unpaired) electrons. The number of rotatable bonds is 6. The van der Waals surface area contributed by atoms with Gasteiger partial charge in [-0.2, -0.15) is 0 Å². The molecule has 24 heavy (non-hydrogen) atoms. The van der Waals surface area contributed by atoms with Gasteiger partial charge < -0.3 is 15.2 Å². The highest BCUT2D eigenvalue weighted by atomic mass is 16.5. The van der Waals surface area contributed by atoms with E-state index in [1.165, 1.54) is 0 Å². The molecular weight excluding hydrogens is 306 g/mol. The summed E-state index contributed by atoms with van der Waals surface area (Å²) in [5.74, 6) is -1.19. The van der Waals surface area contributed by atoms with E-state index in [4.69, 9.17) is 9.84 Å². The topological polar surface area (TPSA) is 75.6 Å². The number of benzene rings is 2. The van der Waals surface area contributed by atoms with Crippen molar-refractivity contribution >= 4 is 17.6 Å². The molecule has 5 nitrogen and oxygen atoms in total. The average Bonchev–Trinajstić information content (AvgIpc) is 2.55. The van der Waals surface area contributed by atoms with Crippen LogP contribution >= 0.6 is 0 Å². The van der Waals surface area contributed by atoms with Gasteiger partial charge in [0, 0.05) is 5.69 Å². The zero-order valence-corrected chi connectivity index (χ0v) is 14.0. The molecule has 0 aliphatic carbocycles. The lowest BCUT2D eigenvalue weighted by Gasteiger charge is -2.11. The van der Waals surface area contributed by atoms with Crippen molar-refractivity contribution < 1.29 is 19.4 Å². The predicted molar refractivity (Wildman–Crippen MR) is 92.5 cm³/mol. The van der Waals surface area contributed by atoms with Crippen LogP contribution in [0.25, 0.3) is 0 Å². The van der Waals surface area contributed by atoms with Crippen LogP contribution < -0.4 is 10.1 Å². The van der Waals surface area contributed by atoms with Gasteiger partial charge >= 0.3 is 5.97 Å². The molecule has 0 spiro atoms. The fourth-order valence-corrected chi connectivity index (χ4v) is 2.18. The lowest BCUT2D eigenvalue weighted by molar-refractivity contribution is -0.138. The van der Waals surface area contributed by atoms with Crippen LogP contribution in [0.3, 0.4) is 0 Å². The summed E-state index contributed by atoms with van der Waals surface area (Å²) in [6.07, 6.45) is 0. The maximum atomic E-state index is 12.0. The van der Waals surface area contributed by atoms with Crippen LogP contribution in [0.5, 0.6) is 5.75 Å². The summed E-state index contributed by atoms with van der Waals surface area (Å²) in [6, 6.07) is 12.5. The number of hydrogen-bond donors (Lipinski definition) is 2. The van der Waals surface area contributed by atoms with Crippen molar-refractivity contribution in [3.63, 3.8) is 0 Å². The Morgan fingerprint density at radius 3 is 2.54 bits per heavy atom. The third kappa shape index (κ3) is 4.59. The maximum absolute atomic E-state index is 12.0. The Kier molecular flexibility index (Phi) is 5.58. The van der Waals surface area contributed by atoms with E-state index in [-0.39, 0.29) is 12.5 Å². The second-order valence-electron chi connectivity index (χ2n) is 5.77. The van der Waals surface area contributed by atoms with E-state index in [1.54, 1.807) is 31.2 Å². The van der Waals surface area contributed by atoms with Gasteiger partial charge in [0.25, 0.3) is 5.91 Å². The summed E-state index contributed by atoms with van der Waals surface area (Å²) in [4.78, 5) is 23.0. The van der Waals surface area contributed by atoms with Crippen molar-refractivity contribution in [2.45, 2.75) is 26.7 Å². The van der Waals surface area contributed by atoms with Crippen LogP contribution in [-0.2, 0) is 9.59 Å². The molecule has 1 unspecified atom stereocenters. The molecule has 2 rings (SSSR count). The fraction of sp³-hybridized carbons (Fsp3) is 0.263. The third-order valence-electron chi connectivity index (χ3n) is 3.89. The van der Waals surface area contributed by atoms with Crippen molar-refractivity contribution in [1.29, 1.82) is 0 Å². The number of carbonyl (C=O) groups is 2. The van der Waals surface area contributed by atoms with Crippen LogP contribution in [0.2, 0.25) is 0 Å². The van der Waals surface area contributed by atoms with Gasteiger partial charge in [-0.3, -0.25) is 9.59 Å². The molecule has 5 heteroatoms. The summed E-state index contributed by atoms with van der Waals surface area (Å²) >= 11 is 0. The normalized spacial score (nSPS) is 11.6. The maximum Gasteiger partial charge on any atom is 0.310 e. The Hall–Kier alpha value is -2.82. The van der Waals surface area contributed by atoms with Crippen LogP contribution in [0, 0.1) is 13.8 Å². The summed E-state index contributed by atoms with van der Waals surface area (Å²) in [6.45, 7) is 5.49. The number of anilines is 1. The van der Waals surface area contributed by atoms with E-state index in [2.05, 4.69) is 5.32 Å². The number of nitrogens with one attached hydrogen (secondary N) is 1. The molecule has 126 valence electrons. The Balaban J connectivity index is 1.96. The van der Waals surface area contributed by atoms with Gasteiger partial charge in [0.05, 0.1) is 5.92 Å². The molecule has 0 fully saturated rings. The minimum atomic E-state index is -0.906. The van der Waals surface area contributed by atoms with Crippen molar-refractivity contribution in [1.82, 2.24) is 0 Å². The van der Waals surface area contributed by atoms with Crippen molar-refractivity contribution in [2.24, 2.45) is 0 Å². The first kappa shape index (κ1) is 17.5. The minimum absolute atomic E-state index is 0.110. The lowest BCUT2D eigenvalue weighted by Crippen LogP contribution is -2.20. The highest BCUT2D eigenvalue weighted by molar-refractivity contribution is 5.92. The number of carboxylic acid groups (broad SMARTS) is 1. The number of aryl methyl sites for hydroxylation is 2. The van der Waals surface area contributed by atoms with Gasteiger partial charge in [-0.05, 0) is 61.7 Å². The minimum Gasteiger partial charge on any atom is -0.484 e. The second-order valence-corrected chi connectivity index (χ2v) is 5.77. The van der Waals surface area contributed by atoms with Crippen LogP contribution in [0.4, 0.5) is 5.69 Å². The van der Waals surface area contributed by atoms with Gasteiger partial charge in [-0.1, -0.05) is 18.2 Å². The van der Waals surface area contributed by atoms with Crippen LogP contribution in [-0.4, -0.2) is 23.6 Å². The molecule has 0 bridgehead atoms. The molecule has 1 atom stereocenters. The molecule has 2 N–H and O–H groups in total. The van der Waals surface area contributed by atoms with Gasteiger partial charge in [-0.25, -0.2) is 0 Å².